The van der Waals surface area contributed by atoms with Gasteiger partial charge in [-0.15, -0.1) is 0 Å². The minimum absolute atomic E-state index is 0.0744. The van der Waals surface area contributed by atoms with Gasteiger partial charge in [0.05, 0.1) is 18.1 Å². The SMILES string of the molecule is CO[C@H](Cc1ccccc1)[C@H](C)/C=C(C)/C=C/[C@H]1[C@H](C)C(=O)N1[Si](C)(C)C(C)(C)C. The van der Waals surface area contributed by atoms with Crippen LogP contribution in [0.2, 0.25) is 18.1 Å². The summed E-state index contributed by atoms with van der Waals surface area (Å²) < 4.78 is 8.00. The maximum atomic E-state index is 12.7. The Morgan fingerprint density at radius 1 is 1.23 bits per heavy atom. The van der Waals surface area contributed by atoms with E-state index in [4.69, 9.17) is 4.74 Å². The maximum Gasteiger partial charge on any atom is 0.220 e. The van der Waals surface area contributed by atoms with E-state index in [-0.39, 0.29) is 23.1 Å². The van der Waals surface area contributed by atoms with Crippen LogP contribution in [0.5, 0.6) is 0 Å². The van der Waals surface area contributed by atoms with Crippen molar-refractivity contribution in [3.05, 3.63) is 59.7 Å². The van der Waals surface area contributed by atoms with E-state index in [1.165, 1.54) is 11.1 Å². The van der Waals surface area contributed by atoms with Crippen LogP contribution in [0, 0.1) is 11.8 Å². The molecule has 1 saturated heterocycles. The number of rotatable bonds is 8. The third kappa shape index (κ3) is 5.33. The van der Waals surface area contributed by atoms with Gasteiger partial charge in [0.2, 0.25) is 5.91 Å². The largest absolute Gasteiger partial charge is 0.381 e. The Morgan fingerprint density at radius 2 is 1.83 bits per heavy atom. The Bertz CT molecular complexity index is 776. The topological polar surface area (TPSA) is 29.5 Å². The summed E-state index contributed by atoms with van der Waals surface area (Å²) in [5.74, 6) is 0.691. The Morgan fingerprint density at radius 3 is 2.37 bits per heavy atom. The standard InChI is InChI=1S/C26H41NO2Si/c1-19(17-20(2)24(29-7)18-22-13-11-10-12-14-22)15-16-23-21(3)25(28)27(23)30(8,9)26(4,5)6/h10-17,20-21,23-24H,18H2,1-9H3/b16-15+,19-17+/t20-,21+,23+,24-/m1/s1. The van der Waals surface area contributed by atoms with Crippen LogP contribution in [0.25, 0.3) is 0 Å². The highest BCUT2D eigenvalue weighted by molar-refractivity contribution is 6.80. The Balaban J connectivity index is 2.10. The van der Waals surface area contributed by atoms with Crippen LogP contribution >= 0.6 is 0 Å². The highest BCUT2D eigenvalue weighted by Gasteiger charge is 2.54. The van der Waals surface area contributed by atoms with Crippen molar-refractivity contribution in [2.45, 2.75) is 78.2 Å². The van der Waals surface area contributed by atoms with E-state index in [1.807, 2.05) is 6.07 Å². The van der Waals surface area contributed by atoms with E-state index in [0.29, 0.717) is 11.8 Å². The molecule has 1 aliphatic rings. The van der Waals surface area contributed by atoms with Gasteiger partial charge in [0.1, 0.15) is 0 Å². The van der Waals surface area contributed by atoms with Crippen molar-refractivity contribution >= 4 is 14.1 Å². The summed E-state index contributed by atoms with van der Waals surface area (Å²) in [6, 6.07) is 10.7. The normalized spacial score (nSPS) is 22.9. The number of β-lactam (4-membered cyclic amide) rings is 1. The van der Waals surface area contributed by atoms with Crippen LogP contribution in [0.3, 0.4) is 0 Å². The zero-order chi connectivity index (χ0) is 22.7. The molecule has 0 saturated carbocycles. The quantitative estimate of drug-likeness (QED) is 0.279. The summed E-state index contributed by atoms with van der Waals surface area (Å²) in [5, 5.41) is 0.150. The molecular formula is C26H41NO2Si. The lowest BCUT2D eigenvalue weighted by molar-refractivity contribution is -0.144. The van der Waals surface area contributed by atoms with Crippen LogP contribution in [-0.4, -0.2) is 38.0 Å². The molecule has 2 rings (SSSR count). The molecule has 166 valence electrons. The molecule has 0 spiro atoms. The lowest BCUT2D eigenvalue weighted by Crippen LogP contribution is -2.71. The first-order valence-corrected chi connectivity index (χ1v) is 14.1. The molecule has 30 heavy (non-hydrogen) atoms. The van der Waals surface area contributed by atoms with Gasteiger partial charge in [0.15, 0.2) is 8.24 Å². The molecule has 1 heterocycles. The minimum Gasteiger partial charge on any atom is -0.381 e. The zero-order valence-electron chi connectivity index (χ0n) is 20.4. The maximum absolute atomic E-state index is 12.7. The average molecular weight is 428 g/mol. The van der Waals surface area contributed by atoms with Crippen LogP contribution in [0.1, 0.15) is 47.1 Å². The van der Waals surface area contributed by atoms with Crippen LogP contribution in [0.15, 0.2) is 54.1 Å². The van der Waals surface area contributed by atoms with E-state index in [2.05, 4.69) is 102 Å². The number of hydrogen-bond acceptors (Lipinski definition) is 2. The fraction of sp³-hybridized carbons (Fsp3) is 0.577. The number of amides is 1. The predicted molar refractivity (Wildman–Crippen MR) is 130 cm³/mol. The summed E-state index contributed by atoms with van der Waals surface area (Å²) in [5.41, 5.74) is 2.52. The molecule has 1 aromatic rings. The number of hydrogen-bond donors (Lipinski definition) is 0. The number of carbonyl (C=O) groups excluding carboxylic acids is 1. The smallest absolute Gasteiger partial charge is 0.220 e. The molecule has 1 fully saturated rings. The van der Waals surface area contributed by atoms with Gasteiger partial charge in [0, 0.05) is 13.0 Å². The molecule has 4 atom stereocenters. The van der Waals surface area contributed by atoms with Crippen molar-refractivity contribution in [2.75, 3.05) is 7.11 Å². The van der Waals surface area contributed by atoms with Crippen molar-refractivity contribution in [1.29, 1.82) is 0 Å². The molecule has 0 unspecified atom stereocenters. The number of allylic oxidation sites excluding steroid dienone is 2. The highest BCUT2D eigenvalue weighted by Crippen LogP contribution is 2.44. The number of nitrogens with zero attached hydrogens (tertiary/aromatic N) is 1. The first-order valence-electron chi connectivity index (χ1n) is 11.2. The van der Waals surface area contributed by atoms with Gasteiger partial charge in [-0.1, -0.05) is 102 Å². The summed E-state index contributed by atoms with van der Waals surface area (Å²) in [4.78, 5) is 12.7. The molecule has 3 nitrogen and oxygen atoms in total. The van der Waals surface area contributed by atoms with Gasteiger partial charge < -0.3 is 9.30 Å². The summed E-state index contributed by atoms with van der Waals surface area (Å²) in [6.45, 7) is 17.8. The molecule has 0 aromatic heterocycles. The third-order valence-electron chi connectivity index (χ3n) is 7.13. The summed E-state index contributed by atoms with van der Waals surface area (Å²) >= 11 is 0. The molecule has 0 aliphatic carbocycles. The van der Waals surface area contributed by atoms with Gasteiger partial charge in [-0.05, 0) is 23.9 Å². The van der Waals surface area contributed by atoms with Crippen molar-refractivity contribution < 1.29 is 9.53 Å². The van der Waals surface area contributed by atoms with Gasteiger partial charge in [-0.3, -0.25) is 4.79 Å². The minimum atomic E-state index is -1.87. The monoisotopic (exact) mass is 427 g/mol. The Labute approximate surface area is 185 Å². The first kappa shape index (κ1) is 24.6. The number of carbonyl (C=O) groups is 1. The van der Waals surface area contributed by atoms with Gasteiger partial charge in [0.25, 0.3) is 0 Å². The van der Waals surface area contributed by atoms with E-state index in [9.17, 15) is 4.79 Å². The Hall–Kier alpha value is -1.65. The average Bonchev–Trinajstić information content (AvgIpc) is 2.67. The van der Waals surface area contributed by atoms with Crippen LogP contribution in [0.4, 0.5) is 0 Å². The number of benzene rings is 1. The molecule has 4 heteroatoms. The second kappa shape index (κ2) is 9.65. The number of ether oxygens (including phenoxy) is 1. The van der Waals surface area contributed by atoms with Crippen LogP contribution in [-0.2, 0) is 16.0 Å². The molecule has 0 N–H and O–H groups in total. The fourth-order valence-corrected chi connectivity index (χ4v) is 6.61. The van der Waals surface area contributed by atoms with Crippen molar-refractivity contribution in [2.24, 2.45) is 11.8 Å². The molecule has 1 aromatic carbocycles. The Kier molecular flexibility index (Phi) is 7.92. The van der Waals surface area contributed by atoms with Crippen LogP contribution < -0.4 is 0 Å². The first-order chi connectivity index (χ1) is 13.9. The van der Waals surface area contributed by atoms with Gasteiger partial charge in [-0.2, -0.15) is 0 Å². The van der Waals surface area contributed by atoms with E-state index in [1.54, 1.807) is 7.11 Å². The van der Waals surface area contributed by atoms with E-state index in [0.717, 1.165) is 6.42 Å². The lowest BCUT2D eigenvalue weighted by atomic mass is 9.91. The highest BCUT2D eigenvalue weighted by atomic mass is 28.3. The molecule has 0 radical (unpaired) electrons. The van der Waals surface area contributed by atoms with Crippen molar-refractivity contribution in [3.8, 4) is 0 Å². The van der Waals surface area contributed by atoms with E-state index < -0.39 is 8.24 Å². The predicted octanol–water partition coefficient (Wildman–Crippen LogP) is 6.23. The van der Waals surface area contributed by atoms with E-state index >= 15 is 0 Å². The van der Waals surface area contributed by atoms with Gasteiger partial charge >= 0.3 is 0 Å². The third-order valence-corrected chi connectivity index (χ3v) is 12.5. The molecule has 1 amide bonds. The van der Waals surface area contributed by atoms with Crippen molar-refractivity contribution in [1.82, 2.24) is 4.57 Å². The zero-order valence-corrected chi connectivity index (χ0v) is 21.4. The molecule has 0 bridgehead atoms. The van der Waals surface area contributed by atoms with Crippen molar-refractivity contribution in [3.63, 3.8) is 0 Å². The fourth-order valence-electron chi connectivity index (χ4n) is 4.07. The summed E-state index contributed by atoms with van der Waals surface area (Å²) in [7, 11) is -0.0738. The number of methoxy groups -OCH3 is 1. The second-order valence-electron chi connectivity index (χ2n) is 10.4. The summed E-state index contributed by atoms with van der Waals surface area (Å²) in [6.07, 6.45) is 7.77. The molecule has 1 aliphatic heterocycles. The second-order valence-corrected chi connectivity index (χ2v) is 15.5. The lowest BCUT2D eigenvalue weighted by Gasteiger charge is -2.57. The van der Waals surface area contributed by atoms with Gasteiger partial charge in [-0.25, -0.2) is 0 Å². The molecular weight excluding hydrogens is 386 g/mol.